The zero-order valence-corrected chi connectivity index (χ0v) is 12.6. The summed E-state index contributed by atoms with van der Waals surface area (Å²) in [4.78, 5) is 12.0. The summed E-state index contributed by atoms with van der Waals surface area (Å²) in [5, 5.41) is 2.97. The van der Waals surface area contributed by atoms with Gasteiger partial charge in [0.1, 0.15) is 5.75 Å². The van der Waals surface area contributed by atoms with Gasteiger partial charge in [0.2, 0.25) is 0 Å². The molecule has 1 aromatic carbocycles. The Morgan fingerprint density at radius 2 is 1.79 bits per heavy atom. The average molecular weight is 263 g/mol. The summed E-state index contributed by atoms with van der Waals surface area (Å²) >= 11 is 0. The van der Waals surface area contributed by atoms with Crippen molar-refractivity contribution in [2.24, 2.45) is 0 Å². The van der Waals surface area contributed by atoms with Crippen LogP contribution in [-0.4, -0.2) is 18.1 Å². The third kappa shape index (κ3) is 5.33. The van der Waals surface area contributed by atoms with E-state index in [-0.39, 0.29) is 11.9 Å². The van der Waals surface area contributed by atoms with Crippen molar-refractivity contribution in [3.05, 3.63) is 29.3 Å². The molecule has 0 saturated heterocycles. The molecule has 1 N–H and O–H groups in total. The summed E-state index contributed by atoms with van der Waals surface area (Å²) in [5.74, 6) is 0.698. The zero-order valence-electron chi connectivity index (χ0n) is 12.6. The number of hydrogen-bond donors (Lipinski definition) is 1. The van der Waals surface area contributed by atoms with Crippen LogP contribution in [0.4, 0.5) is 0 Å². The molecule has 0 saturated carbocycles. The van der Waals surface area contributed by atoms with E-state index in [0.29, 0.717) is 0 Å². The number of carbonyl (C=O) groups is 1. The Bertz CT molecular complexity index is 409. The van der Waals surface area contributed by atoms with Gasteiger partial charge in [-0.05, 0) is 57.4 Å². The Morgan fingerprint density at radius 3 is 2.32 bits per heavy atom. The normalized spacial score (nSPS) is 13.7. The average Bonchev–Trinajstić information content (AvgIpc) is 2.27. The van der Waals surface area contributed by atoms with Gasteiger partial charge in [0.25, 0.3) is 5.91 Å². The molecule has 1 aromatic rings. The number of aryl methyl sites for hydroxylation is 2. The van der Waals surface area contributed by atoms with E-state index >= 15 is 0 Å². The van der Waals surface area contributed by atoms with E-state index in [9.17, 15) is 4.79 Å². The summed E-state index contributed by atoms with van der Waals surface area (Å²) in [6.07, 6.45) is 1.58. The Morgan fingerprint density at radius 1 is 1.21 bits per heavy atom. The van der Waals surface area contributed by atoms with E-state index in [1.54, 1.807) is 6.92 Å². The van der Waals surface area contributed by atoms with Crippen molar-refractivity contribution < 1.29 is 9.53 Å². The van der Waals surface area contributed by atoms with Gasteiger partial charge >= 0.3 is 0 Å². The van der Waals surface area contributed by atoms with Crippen LogP contribution in [0.25, 0.3) is 0 Å². The zero-order chi connectivity index (χ0) is 14.4. The van der Waals surface area contributed by atoms with Crippen molar-refractivity contribution in [3.63, 3.8) is 0 Å². The van der Waals surface area contributed by atoms with Crippen molar-refractivity contribution in [2.45, 2.75) is 59.6 Å². The minimum atomic E-state index is -0.472. The van der Waals surface area contributed by atoms with Gasteiger partial charge < -0.3 is 10.1 Å². The van der Waals surface area contributed by atoms with Gasteiger partial charge in [-0.1, -0.05) is 19.4 Å². The van der Waals surface area contributed by atoms with E-state index < -0.39 is 6.10 Å². The summed E-state index contributed by atoms with van der Waals surface area (Å²) < 4.78 is 5.70. The molecular formula is C16H25NO2. The largest absolute Gasteiger partial charge is 0.481 e. The fraction of sp³-hybridized carbons (Fsp3) is 0.562. The van der Waals surface area contributed by atoms with Crippen molar-refractivity contribution in [1.82, 2.24) is 5.32 Å². The van der Waals surface area contributed by atoms with Crippen LogP contribution in [0.15, 0.2) is 18.2 Å². The number of carbonyl (C=O) groups excluding carboxylic acids is 1. The fourth-order valence-corrected chi connectivity index (χ4v) is 2.12. The van der Waals surface area contributed by atoms with Crippen LogP contribution in [0.5, 0.6) is 5.75 Å². The first-order valence-corrected chi connectivity index (χ1v) is 6.97. The molecule has 0 fully saturated rings. The van der Waals surface area contributed by atoms with Gasteiger partial charge in [0, 0.05) is 6.04 Å². The molecule has 0 bridgehead atoms. The second-order valence-electron chi connectivity index (χ2n) is 5.28. The van der Waals surface area contributed by atoms with Crippen molar-refractivity contribution in [2.75, 3.05) is 0 Å². The summed E-state index contributed by atoms with van der Waals surface area (Å²) in [6.45, 7) is 9.95. The van der Waals surface area contributed by atoms with Gasteiger partial charge in [-0.15, -0.1) is 0 Å². The summed E-state index contributed by atoms with van der Waals surface area (Å²) in [6, 6.07) is 6.18. The van der Waals surface area contributed by atoms with Gasteiger partial charge in [-0.3, -0.25) is 4.79 Å². The molecule has 2 unspecified atom stereocenters. The number of amides is 1. The molecule has 0 spiro atoms. The van der Waals surface area contributed by atoms with Crippen LogP contribution in [-0.2, 0) is 4.79 Å². The smallest absolute Gasteiger partial charge is 0.260 e. The minimum Gasteiger partial charge on any atom is -0.481 e. The predicted octanol–water partition coefficient (Wildman–Crippen LogP) is 3.38. The Balaban J connectivity index is 2.58. The molecule has 19 heavy (non-hydrogen) atoms. The van der Waals surface area contributed by atoms with Crippen molar-refractivity contribution >= 4 is 5.91 Å². The number of rotatable bonds is 6. The molecule has 3 nitrogen and oxygen atoms in total. The predicted molar refractivity (Wildman–Crippen MR) is 78.5 cm³/mol. The highest BCUT2D eigenvalue weighted by Crippen LogP contribution is 2.17. The molecule has 2 atom stereocenters. The van der Waals surface area contributed by atoms with E-state index in [2.05, 4.69) is 18.3 Å². The van der Waals surface area contributed by atoms with Crippen molar-refractivity contribution in [3.8, 4) is 5.75 Å². The molecule has 1 amide bonds. The Hall–Kier alpha value is -1.51. The first-order valence-electron chi connectivity index (χ1n) is 6.97. The number of ether oxygens (including phenoxy) is 1. The van der Waals surface area contributed by atoms with Gasteiger partial charge in [0.15, 0.2) is 6.10 Å². The number of hydrogen-bond acceptors (Lipinski definition) is 2. The lowest BCUT2D eigenvalue weighted by Crippen LogP contribution is -2.41. The second-order valence-corrected chi connectivity index (χ2v) is 5.28. The molecule has 0 radical (unpaired) electrons. The van der Waals surface area contributed by atoms with Crippen LogP contribution >= 0.6 is 0 Å². The SMILES string of the molecule is CCCC(C)NC(=O)C(C)Oc1cc(C)cc(C)c1. The molecule has 106 valence electrons. The number of nitrogens with one attached hydrogen (secondary N) is 1. The maximum atomic E-state index is 12.0. The number of benzene rings is 1. The molecule has 0 aromatic heterocycles. The lowest BCUT2D eigenvalue weighted by atomic mass is 10.1. The van der Waals surface area contributed by atoms with Crippen LogP contribution in [0, 0.1) is 13.8 Å². The standard InChI is InChI=1S/C16H25NO2/c1-6-7-13(4)17-16(18)14(5)19-15-9-11(2)8-12(3)10-15/h8-10,13-14H,6-7H2,1-5H3,(H,17,18). The Labute approximate surface area is 116 Å². The minimum absolute atomic E-state index is 0.0555. The highest BCUT2D eigenvalue weighted by molar-refractivity contribution is 5.80. The van der Waals surface area contributed by atoms with Crippen LogP contribution in [0.2, 0.25) is 0 Å². The molecule has 1 rings (SSSR count). The third-order valence-corrected chi connectivity index (χ3v) is 2.99. The van der Waals surface area contributed by atoms with Crippen LogP contribution in [0.3, 0.4) is 0 Å². The monoisotopic (exact) mass is 263 g/mol. The van der Waals surface area contributed by atoms with E-state index in [0.717, 1.165) is 29.7 Å². The molecule has 0 heterocycles. The van der Waals surface area contributed by atoms with Crippen LogP contribution in [0.1, 0.15) is 44.7 Å². The topological polar surface area (TPSA) is 38.3 Å². The molecule has 0 aliphatic carbocycles. The molecule has 0 aliphatic rings. The van der Waals surface area contributed by atoms with E-state index in [4.69, 9.17) is 4.74 Å². The Kier molecular flexibility index (Phi) is 5.87. The van der Waals surface area contributed by atoms with Gasteiger partial charge in [0.05, 0.1) is 0 Å². The highest BCUT2D eigenvalue weighted by Gasteiger charge is 2.16. The first kappa shape index (κ1) is 15.5. The third-order valence-electron chi connectivity index (χ3n) is 2.99. The van der Waals surface area contributed by atoms with Crippen molar-refractivity contribution in [1.29, 1.82) is 0 Å². The second kappa shape index (κ2) is 7.17. The molecule has 0 aliphatic heterocycles. The molecular weight excluding hydrogens is 238 g/mol. The quantitative estimate of drug-likeness (QED) is 0.854. The van der Waals surface area contributed by atoms with Gasteiger partial charge in [-0.2, -0.15) is 0 Å². The lowest BCUT2D eigenvalue weighted by molar-refractivity contribution is -0.127. The maximum Gasteiger partial charge on any atom is 0.260 e. The highest BCUT2D eigenvalue weighted by atomic mass is 16.5. The summed E-state index contributed by atoms with van der Waals surface area (Å²) in [7, 11) is 0. The van der Waals surface area contributed by atoms with E-state index in [1.165, 1.54) is 0 Å². The van der Waals surface area contributed by atoms with Crippen LogP contribution < -0.4 is 10.1 Å². The van der Waals surface area contributed by atoms with E-state index in [1.807, 2.05) is 32.9 Å². The summed E-state index contributed by atoms with van der Waals surface area (Å²) in [5.41, 5.74) is 2.28. The first-order chi connectivity index (χ1) is 8.92. The lowest BCUT2D eigenvalue weighted by Gasteiger charge is -2.18. The molecule has 3 heteroatoms. The maximum absolute atomic E-state index is 12.0. The fourth-order valence-electron chi connectivity index (χ4n) is 2.12. The van der Waals surface area contributed by atoms with Gasteiger partial charge in [-0.25, -0.2) is 0 Å².